The lowest BCUT2D eigenvalue weighted by Gasteiger charge is -2.27. The Morgan fingerprint density at radius 2 is 1.72 bits per heavy atom. The maximum Gasteiger partial charge on any atom is 0.259 e. The fraction of sp³-hybridized carbons (Fsp3) is 0.263. The van der Waals surface area contributed by atoms with Crippen LogP contribution >= 0.6 is 63.0 Å². The van der Waals surface area contributed by atoms with Crippen molar-refractivity contribution in [1.82, 2.24) is 10.6 Å². The number of thiocarbonyl (C=S) groups is 1. The second-order valence-corrected chi connectivity index (χ2v) is 9.63. The minimum Gasteiger partial charge on any atom is -0.484 e. The van der Waals surface area contributed by atoms with Gasteiger partial charge < -0.3 is 20.7 Å². The number of rotatable bonds is 7. The number of alkyl halides is 3. The molecule has 0 saturated heterocycles. The highest BCUT2D eigenvalue weighted by molar-refractivity contribution is 9.10. The second-order valence-electron chi connectivity index (χ2n) is 5.93. The minimum atomic E-state index is -1.84. The summed E-state index contributed by atoms with van der Waals surface area (Å²) in [4.78, 5) is 12.3. The van der Waals surface area contributed by atoms with Crippen LogP contribution in [0.3, 0.4) is 0 Å². The van der Waals surface area contributed by atoms with E-state index in [1.165, 1.54) is 5.56 Å². The van der Waals surface area contributed by atoms with Crippen molar-refractivity contribution in [2.45, 2.75) is 23.3 Å². The third-order valence-electron chi connectivity index (χ3n) is 3.71. The molecule has 1 atom stereocenters. The number of ether oxygens (including phenoxy) is 1. The number of amides is 1. The highest BCUT2D eigenvalue weighted by Crippen LogP contribution is 2.29. The van der Waals surface area contributed by atoms with Gasteiger partial charge in [0.1, 0.15) is 11.9 Å². The number of carbonyl (C=O) groups excluding carboxylic acids is 1. The first-order valence-corrected chi connectivity index (χ1v) is 10.9. The monoisotopic (exact) mass is 537 g/mol. The summed E-state index contributed by atoms with van der Waals surface area (Å²) in [5.41, 5.74) is 1.91. The van der Waals surface area contributed by atoms with E-state index in [4.69, 9.17) is 51.8 Å². The molecule has 0 aromatic heterocycles. The molecule has 0 spiro atoms. The van der Waals surface area contributed by atoms with Crippen LogP contribution in [0.4, 0.5) is 5.69 Å². The highest BCUT2D eigenvalue weighted by atomic mass is 79.9. The van der Waals surface area contributed by atoms with Gasteiger partial charge in [0.25, 0.3) is 5.91 Å². The molecule has 2 rings (SSSR count). The zero-order chi connectivity index (χ0) is 21.4. The van der Waals surface area contributed by atoms with Crippen molar-refractivity contribution in [3.63, 3.8) is 0 Å². The molecule has 1 amide bonds. The number of aryl methyl sites for hydroxylation is 1. The maximum absolute atomic E-state index is 12.3. The number of hydrogen-bond acceptors (Lipinski definition) is 3. The first-order valence-electron chi connectivity index (χ1n) is 8.58. The minimum absolute atomic E-state index is 0.181. The molecule has 3 N–H and O–H groups in total. The fourth-order valence-electron chi connectivity index (χ4n) is 2.20. The van der Waals surface area contributed by atoms with Gasteiger partial charge in [0.05, 0.1) is 0 Å². The van der Waals surface area contributed by atoms with Crippen molar-refractivity contribution < 1.29 is 9.53 Å². The largest absolute Gasteiger partial charge is 0.484 e. The van der Waals surface area contributed by atoms with Gasteiger partial charge in [-0.1, -0.05) is 69.8 Å². The summed E-state index contributed by atoms with van der Waals surface area (Å²) in [6, 6.07) is 14.8. The van der Waals surface area contributed by atoms with E-state index in [1.54, 1.807) is 12.1 Å². The summed E-state index contributed by atoms with van der Waals surface area (Å²) in [7, 11) is 0. The van der Waals surface area contributed by atoms with Gasteiger partial charge in [-0.25, -0.2) is 0 Å². The first kappa shape index (κ1) is 24.0. The molecule has 1 unspecified atom stereocenters. The van der Waals surface area contributed by atoms with Gasteiger partial charge in [0.2, 0.25) is 3.79 Å². The van der Waals surface area contributed by atoms with Gasteiger partial charge in [0.15, 0.2) is 11.7 Å². The molecule has 0 saturated carbocycles. The maximum atomic E-state index is 12.3. The van der Waals surface area contributed by atoms with Gasteiger partial charge in [-0.2, -0.15) is 0 Å². The van der Waals surface area contributed by atoms with Gasteiger partial charge in [-0.05, 0) is 60.6 Å². The molecule has 156 valence electrons. The molecular weight excluding hydrogens is 521 g/mol. The topological polar surface area (TPSA) is 62.4 Å². The Morgan fingerprint density at radius 3 is 2.28 bits per heavy atom. The summed E-state index contributed by atoms with van der Waals surface area (Å²) in [5, 5.41) is 8.49. The Hall–Kier alpha value is -1.25. The molecule has 0 aliphatic heterocycles. The predicted octanol–water partition coefficient (Wildman–Crippen LogP) is 5.19. The van der Waals surface area contributed by atoms with Crippen molar-refractivity contribution >= 4 is 79.7 Å². The lowest BCUT2D eigenvalue weighted by molar-refractivity contribution is -0.123. The van der Waals surface area contributed by atoms with E-state index >= 15 is 0 Å². The number of halogens is 4. The van der Waals surface area contributed by atoms with E-state index in [0.717, 1.165) is 16.6 Å². The molecule has 2 aromatic carbocycles. The third kappa shape index (κ3) is 8.56. The summed E-state index contributed by atoms with van der Waals surface area (Å²) in [6.07, 6.45) is -0.146. The zero-order valence-corrected chi connectivity index (χ0v) is 20.0. The fourth-order valence-corrected chi connectivity index (χ4v) is 3.03. The highest BCUT2D eigenvalue weighted by Gasteiger charge is 2.34. The van der Waals surface area contributed by atoms with Crippen LogP contribution in [0.25, 0.3) is 0 Å². The average Bonchev–Trinajstić information content (AvgIpc) is 2.67. The van der Waals surface area contributed by atoms with Crippen molar-refractivity contribution in [3.05, 3.63) is 58.6 Å². The molecule has 0 heterocycles. The van der Waals surface area contributed by atoms with E-state index in [9.17, 15) is 4.79 Å². The molecule has 0 aliphatic carbocycles. The Bertz CT molecular complexity index is 830. The summed E-state index contributed by atoms with van der Waals surface area (Å²) < 4.78 is 4.56. The summed E-state index contributed by atoms with van der Waals surface area (Å²) in [5.74, 6) is 0.100. The van der Waals surface area contributed by atoms with Crippen molar-refractivity contribution in [2.75, 3.05) is 11.9 Å². The van der Waals surface area contributed by atoms with Crippen molar-refractivity contribution in [2.24, 2.45) is 0 Å². The van der Waals surface area contributed by atoms with Crippen LogP contribution in [0.2, 0.25) is 0 Å². The van der Waals surface area contributed by atoms with Gasteiger partial charge in [-0.15, -0.1) is 0 Å². The Labute approximate surface area is 198 Å². The Balaban J connectivity index is 1.90. The van der Waals surface area contributed by atoms with Gasteiger partial charge >= 0.3 is 0 Å². The molecule has 0 bridgehead atoms. The van der Waals surface area contributed by atoms with Crippen LogP contribution in [0.5, 0.6) is 5.75 Å². The number of benzene rings is 2. The van der Waals surface area contributed by atoms with Gasteiger partial charge in [0, 0.05) is 10.2 Å². The Morgan fingerprint density at radius 1 is 1.10 bits per heavy atom. The summed E-state index contributed by atoms with van der Waals surface area (Å²) in [6.45, 7) is 1.82. The molecule has 10 heteroatoms. The van der Waals surface area contributed by atoms with Crippen LogP contribution < -0.4 is 20.7 Å². The normalized spacial score (nSPS) is 12.0. The number of carbonyl (C=O) groups is 1. The quantitative estimate of drug-likeness (QED) is 0.257. The number of hydrogen-bond donors (Lipinski definition) is 3. The second kappa shape index (κ2) is 11.2. The van der Waals surface area contributed by atoms with Crippen molar-refractivity contribution in [3.8, 4) is 5.75 Å². The van der Waals surface area contributed by atoms with Crippen LogP contribution in [0, 0.1) is 0 Å². The van der Waals surface area contributed by atoms with Crippen LogP contribution in [0.15, 0.2) is 53.0 Å². The predicted molar refractivity (Wildman–Crippen MR) is 127 cm³/mol. The van der Waals surface area contributed by atoms with Crippen LogP contribution in [0.1, 0.15) is 12.5 Å². The molecule has 2 aromatic rings. The SMILES string of the molecule is CCc1ccc(OCC(=O)NC(NC(=S)Nc2ccc(Br)cc2)C(Cl)(Cl)Cl)cc1. The van der Waals surface area contributed by atoms with Crippen LogP contribution in [-0.4, -0.2) is 27.6 Å². The summed E-state index contributed by atoms with van der Waals surface area (Å²) >= 11 is 26.5. The average molecular weight is 540 g/mol. The van der Waals surface area contributed by atoms with E-state index in [-0.39, 0.29) is 11.7 Å². The number of nitrogens with one attached hydrogen (secondary N) is 3. The molecule has 5 nitrogen and oxygen atoms in total. The lowest BCUT2D eigenvalue weighted by atomic mass is 10.2. The van der Waals surface area contributed by atoms with E-state index in [0.29, 0.717) is 5.75 Å². The standard InChI is InChI=1S/C19H19BrCl3N3O2S/c1-2-12-3-9-15(10-4-12)28-11-16(27)25-17(19(21,22)23)26-18(29)24-14-7-5-13(20)6-8-14/h3-10,17H,2,11H2,1H3,(H,25,27)(H2,24,26,29). The van der Waals surface area contributed by atoms with Crippen LogP contribution in [-0.2, 0) is 11.2 Å². The van der Waals surface area contributed by atoms with E-state index < -0.39 is 15.9 Å². The van der Waals surface area contributed by atoms with E-state index in [2.05, 4.69) is 38.8 Å². The molecule has 29 heavy (non-hydrogen) atoms. The van der Waals surface area contributed by atoms with Gasteiger partial charge in [-0.3, -0.25) is 4.79 Å². The number of anilines is 1. The molecular formula is C19H19BrCl3N3O2S. The molecule has 0 aliphatic rings. The molecule has 0 radical (unpaired) electrons. The zero-order valence-electron chi connectivity index (χ0n) is 15.3. The Kier molecular flexibility index (Phi) is 9.30. The lowest BCUT2D eigenvalue weighted by Crippen LogP contribution is -2.56. The van der Waals surface area contributed by atoms with E-state index in [1.807, 2.05) is 36.4 Å². The molecule has 0 fully saturated rings. The smallest absolute Gasteiger partial charge is 0.259 e. The van der Waals surface area contributed by atoms with Crippen molar-refractivity contribution in [1.29, 1.82) is 0 Å². The third-order valence-corrected chi connectivity index (χ3v) is 5.11. The first-order chi connectivity index (χ1) is 13.7.